The Hall–Kier alpha value is -1.31. The van der Waals surface area contributed by atoms with E-state index >= 15 is 0 Å². The average molecular weight is 308 g/mol. The fourth-order valence-electron chi connectivity index (χ4n) is 1.83. The Bertz CT molecular complexity index is 720. The summed E-state index contributed by atoms with van der Waals surface area (Å²) in [6.07, 6.45) is 2.01. The van der Waals surface area contributed by atoms with Gasteiger partial charge in [-0.05, 0) is 30.1 Å². The summed E-state index contributed by atoms with van der Waals surface area (Å²) in [7, 11) is 0. The van der Waals surface area contributed by atoms with Gasteiger partial charge in [0.2, 0.25) is 4.77 Å². The third-order valence-corrected chi connectivity index (χ3v) is 4.97. The number of aromatic amines is 2. The maximum atomic E-state index is 5.02. The lowest BCUT2D eigenvalue weighted by atomic mass is 10.2. The van der Waals surface area contributed by atoms with E-state index in [0.717, 1.165) is 34.2 Å². The van der Waals surface area contributed by atoms with E-state index in [1.54, 1.807) is 22.7 Å². The van der Waals surface area contributed by atoms with E-state index in [2.05, 4.69) is 33.6 Å². The van der Waals surface area contributed by atoms with Crippen molar-refractivity contribution in [3.05, 3.63) is 28.0 Å². The largest absolute Gasteiger partial charge is 0.281 e. The molecule has 0 saturated carbocycles. The van der Waals surface area contributed by atoms with Crippen LogP contribution in [0.1, 0.15) is 19.0 Å². The van der Waals surface area contributed by atoms with Gasteiger partial charge in [-0.2, -0.15) is 4.98 Å². The van der Waals surface area contributed by atoms with Gasteiger partial charge in [-0.25, -0.2) is 4.98 Å². The molecule has 0 amide bonds. The van der Waals surface area contributed by atoms with E-state index in [9.17, 15) is 0 Å². The van der Waals surface area contributed by atoms with Crippen LogP contribution in [-0.4, -0.2) is 20.2 Å². The first-order valence-electron chi connectivity index (χ1n) is 5.96. The fourth-order valence-corrected chi connectivity index (χ4v) is 3.82. The maximum absolute atomic E-state index is 5.02. The lowest BCUT2D eigenvalue weighted by Crippen LogP contribution is -1.88. The Kier molecular flexibility index (Phi) is 3.58. The molecule has 0 aliphatic heterocycles. The highest BCUT2D eigenvalue weighted by molar-refractivity contribution is 7.71. The second-order valence-corrected chi connectivity index (χ2v) is 6.37. The number of aryl methyl sites for hydroxylation is 1. The molecule has 3 aromatic heterocycles. The molecule has 0 aliphatic carbocycles. The molecule has 0 aromatic carbocycles. The van der Waals surface area contributed by atoms with Crippen molar-refractivity contribution in [2.24, 2.45) is 0 Å². The van der Waals surface area contributed by atoms with E-state index in [-0.39, 0.29) is 0 Å². The molecule has 0 saturated heterocycles. The first-order chi connectivity index (χ1) is 9.28. The Balaban J connectivity index is 2.09. The van der Waals surface area contributed by atoms with Crippen molar-refractivity contribution in [1.29, 1.82) is 0 Å². The van der Waals surface area contributed by atoms with Crippen LogP contribution in [0.5, 0.6) is 0 Å². The summed E-state index contributed by atoms with van der Waals surface area (Å²) in [5, 5.41) is 8.97. The monoisotopic (exact) mass is 308 g/mol. The van der Waals surface area contributed by atoms with Gasteiger partial charge < -0.3 is 0 Å². The van der Waals surface area contributed by atoms with Crippen molar-refractivity contribution in [2.45, 2.75) is 19.8 Å². The summed E-state index contributed by atoms with van der Waals surface area (Å²) in [5.41, 5.74) is 1.09. The van der Waals surface area contributed by atoms with Crippen molar-refractivity contribution in [3.63, 3.8) is 0 Å². The Labute approximate surface area is 123 Å². The molecule has 3 rings (SSSR count). The average Bonchev–Trinajstić information content (AvgIpc) is 3.08. The van der Waals surface area contributed by atoms with Crippen LogP contribution in [-0.2, 0) is 6.42 Å². The Morgan fingerprint density at radius 1 is 1.32 bits per heavy atom. The van der Waals surface area contributed by atoms with Crippen LogP contribution < -0.4 is 0 Å². The van der Waals surface area contributed by atoms with Gasteiger partial charge in [0.15, 0.2) is 5.82 Å². The van der Waals surface area contributed by atoms with Gasteiger partial charge in [-0.15, -0.1) is 22.7 Å². The number of thiazole rings is 1. The minimum Gasteiger partial charge on any atom is -0.281 e. The van der Waals surface area contributed by atoms with E-state index in [0.29, 0.717) is 4.77 Å². The van der Waals surface area contributed by atoms with Gasteiger partial charge in [-0.1, -0.05) is 19.4 Å². The summed E-state index contributed by atoms with van der Waals surface area (Å²) >= 11 is 8.38. The second-order valence-electron chi connectivity index (χ2n) is 4.04. The molecule has 3 heterocycles. The van der Waals surface area contributed by atoms with Gasteiger partial charge in [0.1, 0.15) is 5.01 Å². The molecular formula is C12H12N4S3. The van der Waals surface area contributed by atoms with Crippen molar-refractivity contribution in [3.8, 4) is 20.6 Å². The summed E-state index contributed by atoms with van der Waals surface area (Å²) in [5.74, 6) is 0.786. The molecule has 0 fully saturated rings. The third kappa shape index (κ3) is 2.54. The van der Waals surface area contributed by atoms with Crippen LogP contribution in [0, 0.1) is 4.77 Å². The van der Waals surface area contributed by atoms with Crippen LogP contribution in [0.3, 0.4) is 0 Å². The Morgan fingerprint density at radius 3 is 2.84 bits per heavy atom. The molecule has 2 N–H and O–H groups in total. The molecule has 0 unspecified atom stereocenters. The van der Waals surface area contributed by atoms with E-state index in [1.165, 1.54) is 4.88 Å². The van der Waals surface area contributed by atoms with Gasteiger partial charge >= 0.3 is 0 Å². The van der Waals surface area contributed by atoms with E-state index in [4.69, 9.17) is 17.2 Å². The molecule has 19 heavy (non-hydrogen) atoms. The molecule has 0 aliphatic rings. The number of nitrogens with zero attached hydrogens (tertiary/aromatic N) is 2. The van der Waals surface area contributed by atoms with Crippen molar-refractivity contribution in [2.75, 3.05) is 0 Å². The van der Waals surface area contributed by atoms with E-state index in [1.807, 2.05) is 6.07 Å². The van der Waals surface area contributed by atoms with Crippen LogP contribution in [0.4, 0.5) is 0 Å². The summed E-state index contributed by atoms with van der Waals surface area (Å²) in [4.78, 5) is 11.3. The predicted molar refractivity (Wildman–Crippen MR) is 82.2 cm³/mol. The van der Waals surface area contributed by atoms with Gasteiger partial charge in [0.05, 0.1) is 15.4 Å². The maximum Gasteiger partial charge on any atom is 0.213 e. The number of thiophene rings is 1. The number of aromatic nitrogens is 4. The second kappa shape index (κ2) is 5.36. The molecular weight excluding hydrogens is 296 g/mol. The fraction of sp³-hybridized carbons (Fsp3) is 0.250. The van der Waals surface area contributed by atoms with Crippen molar-refractivity contribution in [1.82, 2.24) is 20.2 Å². The highest BCUT2D eigenvalue weighted by Crippen LogP contribution is 2.36. The SMILES string of the molecule is CCCc1nc(-c2cccs2)sc1-c1nc(=S)[nH][nH]1. The van der Waals surface area contributed by atoms with Crippen LogP contribution in [0.2, 0.25) is 0 Å². The molecule has 0 atom stereocenters. The zero-order valence-electron chi connectivity index (χ0n) is 10.3. The predicted octanol–water partition coefficient (Wildman–Crippen LogP) is 4.27. The number of hydrogen-bond acceptors (Lipinski definition) is 5. The molecule has 4 nitrogen and oxygen atoms in total. The third-order valence-electron chi connectivity index (χ3n) is 2.63. The Morgan fingerprint density at radius 2 is 2.21 bits per heavy atom. The quantitative estimate of drug-likeness (QED) is 0.708. The summed E-state index contributed by atoms with van der Waals surface area (Å²) in [6.45, 7) is 2.15. The van der Waals surface area contributed by atoms with Crippen LogP contribution >= 0.6 is 34.9 Å². The van der Waals surface area contributed by atoms with Crippen LogP contribution in [0.15, 0.2) is 17.5 Å². The zero-order valence-corrected chi connectivity index (χ0v) is 12.7. The highest BCUT2D eigenvalue weighted by atomic mass is 32.1. The molecule has 3 aromatic rings. The molecule has 0 spiro atoms. The van der Waals surface area contributed by atoms with Crippen molar-refractivity contribution >= 4 is 34.9 Å². The summed E-state index contributed by atoms with van der Waals surface area (Å²) in [6, 6.07) is 4.14. The zero-order chi connectivity index (χ0) is 13.2. The van der Waals surface area contributed by atoms with E-state index < -0.39 is 0 Å². The number of nitrogens with one attached hydrogen (secondary N) is 2. The molecule has 0 bridgehead atoms. The first-order valence-corrected chi connectivity index (χ1v) is 8.07. The minimum absolute atomic E-state index is 0.475. The number of hydrogen-bond donors (Lipinski definition) is 2. The van der Waals surface area contributed by atoms with Gasteiger partial charge in [0, 0.05) is 0 Å². The number of H-pyrrole nitrogens is 2. The standard InChI is InChI=1S/C12H12N4S3/c1-2-4-7-9(10-14-12(17)16-15-10)19-11(13-7)8-5-3-6-18-8/h3,5-6H,2,4H2,1H3,(H2,14,15,16,17). The molecule has 7 heteroatoms. The lowest BCUT2D eigenvalue weighted by Gasteiger charge is -1.95. The normalized spacial score (nSPS) is 11.0. The van der Waals surface area contributed by atoms with Crippen molar-refractivity contribution < 1.29 is 0 Å². The number of rotatable bonds is 4. The van der Waals surface area contributed by atoms with Crippen LogP contribution in [0.25, 0.3) is 20.6 Å². The molecule has 98 valence electrons. The van der Waals surface area contributed by atoms with Gasteiger partial charge in [0.25, 0.3) is 0 Å². The highest BCUT2D eigenvalue weighted by Gasteiger charge is 2.16. The smallest absolute Gasteiger partial charge is 0.213 e. The minimum atomic E-state index is 0.475. The lowest BCUT2D eigenvalue weighted by molar-refractivity contribution is 0.893. The first kappa shape index (κ1) is 12.7. The molecule has 0 radical (unpaired) electrons. The summed E-state index contributed by atoms with van der Waals surface area (Å²) < 4.78 is 0.475. The van der Waals surface area contributed by atoms with Gasteiger partial charge in [-0.3, -0.25) is 10.2 Å². The topological polar surface area (TPSA) is 57.4 Å².